The number of aryl methyl sites for hydroxylation is 1. The normalized spacial score (nSPS) is 12.6. The summed E-state index contributed by atoms with van der Waals surface area (Å²) < 4.78 is 41.4. The van der Waals surface area contributed by atoms with Crippen molar-refractivity contribution < 1.29 is 17.9 Å². The van der Waals surface area contributed by atoms with Crippen LogP contribution < -0.4 is 10.1 Å². The fourth-order valence-electron chi connectivity index (χ4n) is 1.51. The highest BCUT2D eigenvalue weighted by Crippen LogP contribution is 2.23. The Morgan fingerprint density at radius 2 is 1.79 bits per heavy atom. The van der Waals surface area contributed by atoms with Crippen LogP contribution in [0.3, 0.4) is 0 Å². The maximum absolute atomic E-state index is 12.2. The third-order valence-corrected chi connectivity index (χ3v) is 2.42. The fraction of sp³-hybridized carbons (Fsp3) is 0.571. The highest BCUT2D eigenvalue weighted by molar-refractivity contribution is 5.37. The first-order chi connectivity index (χ1) is 8.57. The molecule has 0 bridgehead atoms. The van der Waals surface area contributed by atoms with Crippen LogP contribution in [0.25, 0.3) is 0 Å². The third-order valence-electron chi connectivity index (χ3n) is 2.42. The highest BCUT2D eigenvalue weighted by Gasteiger charge is 2.28. The Morgan fingerprint density at radius 3 is 2.32 bits per heavy atom. The SMILES string of the molecule is Cc1ccc(OCC(F)(F)F)c(CNC(C)(C)C)c1. The molecule has 0 unspecified atom stereocenters. The van der Waals surface area contributed by atoms with E-state index in [0.29, 0.717) is 6.54 Å². The van der Waals surface area contributed by atoms with Crippen molar-refractivity contribution in [2.45, 2.75) is 46.0 Å². The summed E-state index contributed by atoms with van der Waals surface area (Å²) in [6, 6.07) is 5.16. The zero-order valence-electron chi connectivity index (χ0n) is 11.7. The molecule has 0 radical (unpaired) electrons. The van der Waals surface area contributed by atoms with E-state index in [1.807, 2.05) is 33.8 Å². The minimum Gasteiger partial charge on any atom is -0.484 e. The summed E-state index contributed by atoms with van der Waals surface area (Å²) in [5.74, 6) is 0.277. The summed E-state index contributed by atoms with van der Waals surface area (Å²) in [6.45, 7) is 7.10. The summed E-state index contributed by atoms with van der Waals surface area (Å²) in [4.78, 5) is 0. The number of ether oxygens (including phenoxy) is 1. The Kier molecular flexibility index (Phi) is 4.85. The van der Waals surface area contributed by atoms with Gasteiger partial charge in [0.25, 0.3) is 0 Å². The molecule has 1 aromatic carbocycles. The van der Waals surface area contributed by atoms with Crippen molar-refractivity contribution in [3.8, 4) is 5.75 Å². The molecule has 2 nitrogen and oxygen atoms in total. The van der Waals surface area contributed by atoms with E-state index >= 15 is 0 Å². The summed E-state index contributed by atoms with van der Waals surface area (Å²) >= 11 is 0. The predicted octanol–water partition coefficient (Wildman–Crippen LogP) is 3.82. The molecule has 0 aliphatic heterocycles. The maximum Gasteiger partial charge on any atom is 0.422 e. The maximum atomic E-state index is 12.2. The molecule has 0 saturated heterocycles. The third kappa shape index (κ3) is 6.47. The lowest BCUT2D eigenvalue weighted by Crippen LogP contribution is -2.35. The number of hydrogen-bond acceptors (Lipinski definition) is 2. The molecule has 0 aliphatic rings. The van der Waals surface area contributed by atoms with Crippen LogP contribution in [0.1, 0.15) is 31.9 Å². The van der Waals surface area contributed by atoms with Crippen LogP contribution in [0.2, 0.25) is 0 Å². The van der Waals surface area contributed by atoms with E-state index in [0.717, 1.165) is 11.1 Å². The van der Waals surface area contributed by atoms with E-state index < -0.39 is 12.8 Å². The van der Waals surface area contributed by atoms with Crippen LogP contribution in [0.4, 0.5) is 13.2 Å². The fourth-order valence-corrected chi connectivity index (χ4v) is 1.51. The second-order valence-corrected chi connectivity index (χ2v) is 5.62. The topological polar surface area (TPSA) is 21.3 Å². The molecule has 0 fully saturated rings. The monoisotopic (exact) mass is 275 g/mol. The average molecular weight is 275 g/mol. The lowest BCUT2D eigenvalue weighted by Gasteiger charge is -2.22. The van der Waals surface area contributed by atoms with E-state index in [2.05, 4.69) is 5.32 Å². The van der Waals surface area contributed by atoms with Gasteiger partial charge in [-0.05, 0) is 33.8 Å². The molecule has 0 aliphatic carbocycles. The van der Waals surface area contributed by atoms with Crippen LogP contribution in [0.15, 0.2) is 18.2 Å². The van der Waals surface area contributed by atoms with E-state index in [9.17, 15) is 13.2 Å². The first kappa shape index (κ1) is 15.8. The van der Waals surface area contributed by atoms with E-state index in [-0.39, 0.29) is 11.3 Å². The Bertz CT molecular complexity index is 422. The van der Waals surface area contributed by atoms with E-state index in [1.165, 1.54) is 0 Å². The quantitative estimate of drug-likeness (QED) is 0.901. The molecule has 1 N–H and O–H groups in total. The number of nitrogens with one attached hydrogen (secondary N) is 1. The van der Waals surface area contributed by atoms with Gasteiger partial charge in [0.15, 0.2) is 6.61 Å². The number of halogens is 3. The van der Waals surface area contributed by atoms with Gasteiger partial charge in [-0.1, -0.05) is 17.7 Å². The van der Waals surface area contributed by atoms with Gasteiger partial charge in [0.05, 0.1) is 0 Å². The van der Waals surface area contributed by atoms with Crippen molar-refractivity contribution >= 4 is 0 Å². The largest absolute Gasteiger partial charge is 0.484 e. The number of hydrogen-bond donors (Lipinski definition) is 1. The van der Waals surface area contributed by atoms with Gasteiger partial charge in [0, 0.05) is 17.6 Å². The lowest BCUT2D eigenvalue weighted by atomic mass is 10.1. The average Bonchev–Trinajstić information content (AvgIpc) is 2.22. The van der Waals surface area contributed by atoms with Gasteiger partial charge in [-0.15, -0.1) is 0 Å². The summed E-state index contributed by atoms with van der Waals surface area (Å²) in [6.07, 6.45) is -4.32. The highest BCUT2D eigenvalue weighted by atomic mass is 19.4. The van der Waals surface area contributed by atoms with E-state index in [4.69, 9.17) is 4.74 Å². The number of benzene rings is 1. The molecule has 0 heterocycles. The molecule has 19 heavy (non-hydrogen) atoms. The van der Waals surface area contributed by atoms with Crippen molar-refractivity contribution in [1.82, 2.24) is 5.32 Å². The molecule has 5 heteroatoms. The van der Waals surface area contributed by atoms with Gasteiger partial charge in [0.2, 0.25) is 0 Å². The van der Waals surface area contributed by atoms with Crippen LogP contribution in [0, 0.1) is 6.92 Å². The van der Waals surface area contributed by atoms with Crippen molar-refractivity contribution in [1.29, 1.82) is 0 Å². The van der Waals surface area contributed by atoms with Crippen molar-refractivity contribution in [2.75, 3.05) is 6.61 Å². The lowest BCUT2D eigenvalue weighted by molar-refractivity contribution is -0.153. The molecular formula is C14H20F3NO. The first-order valence-electron chi connectivity index (χ1n) is 6.11. The molecule has 0 spiro atoms. The standard InChI is InChI=1S/C14H20F3NO/c1-10-5-6-12(19-9-14(15,16)17)11(7-10)8-18-13(2,3)4/h5-7,18H,8-9H2,1-4H3. The minimum absolute atomic E-state index is 0.106. The summed E-state index contributed by atoms with van der Waals surface area (Å²) in [5, 5.41) is 3.24. The second kappa shape index (κ2) is 5.82. The Morgan fingerprint density at radius 1 is 1.16 bits per heavy atom. The molecule has 1 rings (SSSR count). The van der Waals surface area contributed by atoms with Gasteiger partial charge < -0.3 is 10.1 Å². The summed E-state index contributed by atoms with van der Waals surface area (Å²) in [7, 11) is 0. The van der Waals surface area contributed by atoms with Crippen LogP contribution in [-0.4, -0.2) is 18.3 Å². The van der Waals surface area contributed by atoms with Gasteiger partial charge in [-0.3, -0.25) is 0 Å². The Hall–Kier alpha value is -1.23. The zero-order chi connectivity index (χ0) is 14.7. The Labute approximate surface area is 112 Å². The number of alkyl halides is 3. The van der Waals surface area contributed by atoms with Crippen molar-refractivity contribution in [3.05, 3.63) is 29.3 Å². The van der Waals surface area contributed by atoms with Crippen LogP contribution >= 0.6 is 0 Å². The van der Waals surface area contributed by atoms with Gasteiger partial charge in [0.1, 0.15) is 5.75 Å². The number of rotatable bonds is 4. The molecule has 0 atom stereocenters. The molecule has 0 saturated carbocycles. The molecule has 0 amide bonds. The smallest absolute Gasteiger partial charge is 0.422 e. The van der Waals surface area contributed by atoms with Gasteiger partial charge in [-0.2, -0.15) is 13.2 Å². The molecule has 1 aromatic rings. The van der Waals surface area contributed by atoms with Crippen molar-refractivity contribution in [3.63, 3.8) is 0 Å². The Balaban J connectivity index is 2.80. The first-order valence-corrected chi connectivity index (χ1v) is 6.11. The van der Waals surface area contributed by atoms with Crippen LogP contribution in [0.5, 0.6) is 5.75 Å². The minimum atomic E-state index is -4.32. The molecular weight excluding hydrogens is 255 g/mol. The molecule has 0 aromatic heterocycles. The van der Waals surface area contributed by atoms with Gasteiger partial charge in [-0.25, -0.2) is 0 Å². The van der Waals surface area contributed by atoms with E-state index in [1.54, 1.807) is 12.1 Å². The van der Waals surface area contributed by atoms with Crippen molar-refractivity contribution in [2.24, 2.45) is 0 Å². The van der Waals surface area contributed by atoms with Gasteiger partial charge >= 0.3 is 6.18 Å². The summed E-state index contributed by atoms with van der Waals surface area (Å²) in [5.41, 5.74) is 1.62. The molecule has 108 valence electrons. The van der Waals surface area contributed by atoms with Crippen LogP contribution in [-0.2, 0) is 6.54 Å². The predicted molar refractivity (Wildman–Crippen MR) is 69.3 cm³/mol. The second-order valence-electron chi connectivity index (χ2n) is 5.62. The zero-order valence-corrected chi connectivity index (χ0v) is 11.7.